The number of sulfonamides is 1. The van der Waals surface area contributed by atoms with Crippen molar-refractivity contribution in [1.82, 2.24) is 10.2 Å². The summed E-state index contributed by atoms with van der Waals surface area (Å²) < 4.78 is 43.9. The van der Waals surface area contributed by atoms with Crippen molar-refractivity contribution in [3.05, 3.63) is 130 Å². The lowest BCUT2D eigenvalue weighted by molar-refractivity contribution is -0.140. The number of anilines is 1. The van der Waals surface area contributed by atoms with Crippen LogP contribution in [-0.4, -0.2) is 44.3 Å². The van der Waals surface area contributed by atoms with E-state index in [1.807, 2.05) is 37.3 Å². The van der Waals surface area contributed by atoms with Crippen molar-refractivity contribution in [2.45, 2.75) is 37.2 Å². The Hall–Kier alpha value is -3.92. The molecule has 1 N–H and O–H groups in total. The lowest BCUT2D eigenvalue weighted by Crippen LogP contribution is -2.53. The molecule has 4 aromatic carbocycles. The van der Waals surface area contributed by atoms with Gasteiger partial charge in [-0.15, -0.1) is 0 Å². The Morgan fingerprint density at radius 3 is 2.20 bits per heavy atom. The first-order valence-electron chi connectivity index (χ1n) is 14.0. The fourth-order valence-corrected chi connectivity index (χ4v) is 6.34. The predicted molar refractivity (Wildman–Crippen MR) is 172 cm³/mol. The Morgan fingerprint density at radius 1 is 0.864 bits per heavy atom. The van der Waals surface area contributed by atoms with Crippen LogP contribution < -0.4 is 9.62 Å². The van der Waals surface area contributed by atoms with Crippen LogP contribution >= 0.6 is 23.2 Å². The van der Waals surface area contributed by atoms with Crippen LogP contribution in [0.15, 0.2) is 108 Å². The van der Waals surface area contributed by atoms with E-state index >= 15 is 0 Å². The molecule has 11 heteroatoms. The summed E-state index contributed by atoms with van der Waals surface area (Å²) >= 11 is 12.2. The lowest BCUT2D eigenvalue weighted by Gasteiger charge is -2.34. The van der Waals surface area contributed by atoms with Crippen LogP contribution in [0.4, 0.5) is 10.1 Å². The molecule has 230 valence electrons. The molecule has 1 atom stereocenters. The number of amides is 2. The Bertz CT molecular complexity index is 1690. The van der Waals surface area contributed by atoms with Gasteiger partial charge in [0.25, 0.3) is 10.0 Å². The van der Waals surface area contributed by atoms with Crippen LogP contribution in [0.1, 0.15) is 24.5 Å². The molecule has 0 radical (unpaired) electrons. The van der Waals surface area contributed by atoms with Gasteiger partial charge in [-0.05, 0) is 60.5 Å². The molecule has 0 unspecified atom stereocenters. The third kappa shape index (κ3) is 8.37. The molecule has 0 bridgehead atoms. The Kier molecular flexibility index (Phi) is 11.4. The largest absolute Gasteiger partial charge is 0.354 e. The standard InChI is InChI=1S/C33H32Cl2FN3O4S/c1-2-19-37-33(41)31(20-24-9-4-3-5-10-24)38(22-25-11-6-7-14-30(25)36)32(40)23-39(28-13-8-12-27(35)21-28)44(42,43)29-17-15-26(34)16-18-29/h3-18,21,31H,2,19-20,22-23H2,1H3,(H,37,41)/t31-/m0/s1. The van der Waals surface area contributed by atoms with E-state index in [1.165, 1.54) is 59.5 Å². The van der Waals surface area contributed by atoms with Crippen LogP contribution in [-0.2, 0) is 32.6 Å². The Labute approximate surface area is 267 Å². The molecule has 0 heterocycles. The monoisotopic (exact) mass is 655 g/mol. The summed E-state index contributed by atoms with van der Waals surface area (Å²) in [6, 6.07) is 25.7. The van der Waals surface area contributed by atoms with Gasteiger partial charge in [-0.2, -0.15) is 0 Å². The molecule has 0 spiro atoms. The van der Waals surface area contributed by atoms with Gasteiger partial charge in [0, 0.05) is 35.1 Å². The minimum atomic E-state index is -4.32. The number of halogens is 3. The van der Waals surface area contributed by atoms with Crippen molar-refractivity contribution in [2.24, 2.45) is 0 Å². The fraction of sp³-hybridized carbons (Fsp3) is 0.212. The van der Waals surface area contributed by atoms with E-state index in [0.29, 0.717) is 18.0 Å². The van der Waals surface area contributed by atoms with E-state index in [1.54, 1.807) is 18.2 Å². The number of benzene rings is 4. The molecule has 0 aromatic heterocycles. The zero-order chi connectivity index (χ0) is 31.7. The molecule has 0 fully saturated rings. The highest BCUT2D eigenvalue weighted by atomic mass is 35.5. The molecule has 2 amide bonds. The third-order valence-corrected chi connectivity index (χ3v) is 9.17. The molecule has 4 aromatic rings. The predicted octanol–water partition coefficient (Wildman–Crippen LogP) is 6.49. The summed E-state index contributed by atoms with van der Waals surface area (Å²) in [7, 11) is -4.32. The highest BCUT2D eigenvalue weighted by molar-refractivity contribution is 7.92. The Morgan fingerprint density at radius 2 is 1.55 bits per heavy atom. The second-order valence-corrected chi connectivity index (χ2v) is 12.8. The second-order valence-electron chi connectivity index (χ2n) is 10.1. The number of hydrogen-bond donors (Lipinski definition) is 1. The Balaban J connectivity index is 1.80. The van der Waals surface area contributed by atoms with Gasteiger partial charge < -0.3 is 10.2 Å². The number of carbonyl (C=O) groups is 2. The third-order valence-electron chi connectivity index (χ3n) is 6.90. The first kappa shape index (κ1) is 33.0. The quantitative estimate of drug-likeness (QED) is 0.178. The minimum absolute atomic E-state index is 0.100. The average Bonchev–Trinajstić information content (AvgIpc) is 3.01. The van der Waals surface area contributed by atoms with Gasteiger partial charge in [0.1, 0.15) is 18.4 Å². The van der Waals surface area contributed by atoms with Crippen molar-refractivity contribution in [2.75, 3.05) is 17.4 Å². The normalized spacial score (nSPS) is 11.9. The van der Waals surface area contributed by atoms with E-state index in [2.05, 4.69) is 5.32 Å². The van der Waals surface area contributed by atoms with Gasteiger partial charge in [-0.25, -0.2) is 12.8 Å². The van der Waals surface area contributed by atoms with Crippen molar-refractivity contribution >= 4 is 50.7 Å². The van der Waals surface area contributed by atoms with Crippen LogP contribution in [0.25, 0.3) is 0 Å². The van der Waals surface area contributed by atoms with E-state index in [4.69, 9.17) is 23.2 Å². The molecule has 0 aliphatic rings. The van der Waals surface area contributed by atoms with E-state index < -0.39 is 40.2 Å². The van der Waals surface area contributed by atoms with Gasteiger partial charge >= 0.3 is 0 Å². The van der Waals surface area contributed by atoms with Crippen molar-refractivity contribution < 1.29 is 22.4 Å². The number of nitrogens with one attached hydrogen (secondary N) is 1. The summed E-state index contributed by atoms with van der Waals surface area (Å²) in [6.45, 7) is 1.31. The fourth-order valence-electron chi connectivity index (χ4n) is 4.62. The maximum absolute atomic E-state index is 15.0. The SMILES string of the molecule is CCCNC(=O)[C@H](Cc1ccccc1)N(Cc1ccccc1F)C(=O)CN(c1cccc(Cl)c1)S(=O)(=O)c1ccc(Cl)cc1. The van der Waals surface area contributed by atoms with Crippen molar-refractivity contribution in [1.29, 1.82) is 0 Å². The summed E-state index contributed by atoms with van der Waals surface area (Å²) in [5, 5.41) is 3.45. The number of hydrogen-bond acceptors (Lipinski definition) is 4. The van der Waals surface area contributed by atoms with Gasteiger partial charge in [0.05, 0.1) is 10.6 Å². The minimum Gasteiger partial charge on any atom is -0.354 e. The number of nitrogens with zero attached hydrogens (tertiary/aromatic N) is 2. The molecule has 0 aliphatic heterocycles. The van der Waals surface area contributed by atoms with Crippen LogP contribution in [0.5, 0.6) is 0 Å². The highest BCUT2D eigenvalue weighted by Gasteiger charge is 2.35. The molecular formula is C33H32Cl2FN3O4S. The van der Waals surface area contributed by atoms with E-state index in [9.17, 15) is 22.4 Å². The highest BCUT2D eigenvalue weighted by Crippen LogP contribution is 2.28. The van der Waals surface area contributed by atoms with E-state index in [0.717, 1.165) is 9.87 Å². The first-order chi connectivity index (χ1) is 21.1. The zero-order valence-corrected chi connectivity index (χ0v) is 26.3. The van der Waals surface area contributed by atoms with Gasteiger partial charge in [0.15, 0.2) is 0 Å². The van der Waals surface area contributed by atoms with Crippen molar-refractivity contribution in [3.8, 4) is 0 Å². The molecule has 4 rings (SSSR count). The lowest BCUT2D eigenvalue weighted by atomic mass is 10.0. The number of rotatable bonds is 13. The zero-order valence-electron chi connectivity index (χ0n) is 24.0. The molecule has 0 aliphatic carbocycles. The van der Waals surface area contributed by atoms with Gasteiger partial charge in [0.2, 0.25) is 11.8 Å². The smallest absolute Gasteiger partial charge is 0.264 e. The summed E-state index contributed by atoms with van der Waals surface area (Å²) in [6.07, 6.45) is 0.782. The van der Waals surface area contributed by atoms with Crippen LogP contribution in [0.2, 0.25) is 10.0 Å². The maximum atomic E-state index is 15.0. The summed E-state index contributed by atoms with van der Waals surface area (Å²) in [5.41, 5.74) is 1.09. The molecule has 7 nitrogen and oxygen atoms in total. The van der Waals surface area contributed by atoms with Crippen LogP contribution in [0.3, 0.4) is 0 Å². The van der Waals surface area contributed by atoms with Crippen LogP contribution in [0, 0.1) is 5.82 Å². The van der Waals surface area contributed by atoms with Gasteiger partial charge in [-0.1, -0.05) is 84.7 Å². The summed E-state index contributed by atoms with van der Waals surface area (Å²) in [5.74, 6) is -1.70. The first-order valence-corrected chi connectivity index (χ1v) is 16.2. The molecule has 0 saturated heterocycles. The van der Waals surface area contributed by atoms with Crippen molar-refractivity contribution in [3.63, 3.8) is 0 Å². The maximum Gasteiger partial charge on any atom is 0.264 e. The van der Waals surface area contributed by atoms with E-state index in [-0.39, 0.29) is 34.1 Å². The molecule has 0 saturated carbocycles. The second kappa shape index (κ2) is 15.2. The average molecular weight is 657 g/mol. The molecular weight excluding hydrogens is 624 g/mol. The van der Waals surface area contributed by atoms with Gasteiger partial charge in [-0.3, -0.25) is 13.9 Å². The topological polar surface area (TPSA) is 86.8 Å². The summed E-state index contributed by atoms with van der Waals surface area (Å²) in [4.78, 5) is 29.1. The number of carbonyl (C=O) groups excluding carboxylic acids is 2. The molecule has 44 heavy (non-hydrogen) atoms.